The highest BCUT2D eigenvalue weighted by Crippen LogP contribution is 1.86. The Morgan fingerprint density at radius 1 is 0.750 bits per heavy atom. The van der Waals surface area contributed by atoms with E-state index >= 15 is 0 Å². The molecule has 8 nitrogen and oxygen atoms in total. The summed E-state index contributed by atoms with van der Waals surface area (Å²) in [6, 6.07) is 0. The molecule has 0 saturated heterocycles. The second-order valence-corrected chi connectivity index (χ2v) is 5.19. The van der Waals surface area contributed by atoms with E-state index < -0.39 is 0 Å². The molecule has 0 fully saturated rings. The van der Waals surface area contributed by atoms with Gasteiger partial charge in [0, 0.05) is 19.8 Å². The van der Waals surface area contributed by atoms with Gasteiger partial charge >= 0.3 is 0 Å². The molecule has 0 heterocycles. The van der Waals surface area contributed by atoms with Crippen LogP contribution < -0.4 is 10.6 Å². The zero-order valence-corrected chi connectivity index (χ0v) is 14.9. The van der Waals surface area contributed by atoms with E-state index in [0.29, 0.717) is 46.0 Å². The molecule has 0 aromatic heterocycles. The Labute approximate surface area is 144 Å². The standard InChI is InChI=1S/C16H32N2O6/c1-15(19)13-24-14-16(20)18-6-4-8-22-10-12-23-11-9-21-7-3-5-17-2/h17H,3-14H2,1-2H3,(H,18,20). The van der Waals surface area contributed by atoms with Gasteiger partial charge in [0.1, 0.15) is 13.2 Å². The maximum atomic E-state index is 11.3. The Kier molecular flexibility index (Phi) is 17.5. The first-order valence-corrected chi connectivity index (χ1v) is 8.38. The smallest absolute Gasteiger partial charge is 0.246 e. The Morgan fingerprint density at radius 2 is 1.29 bits per heavy atom. The Hall–Kier alpha value is -1.06. The maximum Gasteiger partial charge on any atom is 0.246 e. The molecule has 142 valence electrons. The Morgan fingerprint density at radius 3 is 1.83 bits per heavy atom. The Balaban J connectivity index is 3.12. The molecule has 0 aromatic rings. The first-order chi connectivity index (χ1) is 11.7. The SMILES string of the molecule is CNCCCOCCOCCOCCCNC(=O)COCC(C)=O. The van der Waals surface area contributed by atoms with E-state index in [9.17, 15) is 9.59 Å². The van der Waals surface area contributed by atoms with Crippen molar-refractivity contribution in [2.24, 2.45) is 0 Å². The summed E-state index contributed by atoms with van der Waals surface area (Å²) < 4.78 is 21.0. The number of ketones is 1. The van der Waals surface area contributed by atoms with Crippen LogP contribution in [-0.4, -0.2) is 84.7 Å². The molecule has 1 amide bonds. The van der Waals surface area contributed by atoms with Crippen molar-refractivity contribution in [2.45, 2.75) is 19.8 Å². The summed E-state index contributed by atoms with van der Waals surface area (Å²) in [4.78, 5) is 21.9. The van der Waals surface area contributed by atoms with Gasteiger partial charge in [-0.2, -0.15) is 0 Å². The summed E-state index contributed by atoms with van der Waals surface area (Å²) in [5.74, 6) is -0.326. The lowest BCUT2D eigenvalue weighted by atomic mass is 10.4. The topological polar surface area (TPSA) is 95.1 Å². The quantitative estimate of drug-likeness (QED) is 0.330. The minimum Gasteiger partial charge on any atom is -0.379 e. The average Bonchev–Trinajstić information content (AvgIpc) is 2.55. The first-order valence-electron chi connectivity index (χ1n) is 8.38. The predicted molar refractivity (Wildman–Crippen MR) is 90.1 cm³/mol. The van der Waals surface area contributed by atoms with E-state index in [2.05, 4.69) is 10.6 Å². The van der Waals surface area contributed by atoms with Gasteiger partial charge in [0.05, 0.1) is 26.4 Å². The van der Waals surface area contributed by atoms with Crippen molar-refractivity contribution in [1.29, 1.82) is 0 Å². The third-order valence-corrected chi connectivity index (χ3v) is 2.79. The summed E-state index contributed by atoms with van der Waals surface area (Å²) in [7, 11) is 1.92. The molecule has 8 heteroatoms. The molecular formula is C16H32N2O6. The molecule has 0 radical (unpaired) electrons. The van der Waals surface area contributed by atoms with Crippen LogP contribution in [0.25, 0.3) is 0 Å². The average molecular weight is 348 g/mol. The molecule has 0 bridgehead atoms. The van der Waals surface area contributed by atoms with Crippen LogP contribution in [0.15, 0.2) is 0 Å². The van der Waals surface area contributed by atoms with Crippen LogP contribution in [0, 0.1) is 0 Å². The Bertz CT molecular complexity index is 315. The highest BCUT2D eigenvalue weighted by Gasteiger charge is 2.01. The van der Waals surface area contributed by atoms with E-state index in [0.717, 1.165) is 19.6 Å². The van der Waals surface area contributed by atoms with Gasteiger partial charge in [-0.3, -0.25) is 9.59 Å². The van der Waals surface area contributed by atoms with E-state index in [4.69, 9.17) is 18.9 Å². The molecule has 0 spiro atoms. The van der Waals surface area contributed by atoms with Crippen molar-refractivity contribution in [3.05, 3.63) is 0 Å². The van der Waals surface area contributed by atoms with Crippen LogP contribution in [0.2, 0.25) is 0 Å². The molecule has 24 heavy (non-hydrogen) atoms. The van der Waals surface area contributed by atoms with Crippen molar-refractivity contribution in [2.75, 3.05) is 73.0 Å². The molecule has 0 aliphatic heterocycles. The normalized spacial score (nSPS) is 10.8. The molecule has 0 aliphatic carbocycles. The van der Waals surface area contributed by atoms with Gasteiger partial charge in [0.25, 0.3) is 0 Å². The minimum atomic E-state index is -0.227. The van der Waals surface area contributed by atoms with Crippen molar-refractivity contribution in [1.82, 2.24) is 10.6 Å². The number of nitrogens with one attached hydrogen (secondary N) is 2. The number of Topliss-reactive ketones (excluding diaryl/α,β-unsaturated/α-hetero) is 1. The second kappa shape index (κ2) is 18.3. The van der Waals surface area contributed by atoms with E-state index in [1.165, 1.54) is 6.92 Å². The molecule has 2 N–H and O–H groups in total. The predicted octanol–water partition coefficient (Wildman–Crippen LogP) is -0.242. The maximum absolute atomic E-state index is 11.3. The molecule has 0 unspecified atom stereocenters. The fourth-order valence-electron chi connectivity index (χ4n) is 1.63. The fourth-order valence-corrected chi connectivity index (χ4v) is 1.63. The van der Waals surface area contributed by atoms with Gasteiger partial charge in [-0.05, 0) is 33.4 Å². The summed E-state index contributed by atoms with van der Waals surface area (Å²) in [6.07, 6.45) is 1.71. The molecule has 0 atom stereocenters. The van der Waals surface area contributed by atoms with Crippen LogP contribution >= 0.6 is 0 Å². The number of carbonyl (C=O) groups excluding carboxylic acids is 2. The number of rotatable bonds is 18. The number of amides is 1. The van der Waals surface area contributed by atoms with Gasteiger partial charge in [-0.25, -0.2) is 0 Å². The third-order valence-electron chi connectivity index (χ3n) is 2.79. The molecular weight excluding hydrogens is 316 g/mol. The number of hydrogen-bond acceptors (Lipinski definition) is 7. The zero-order valence-electron chi connectivity index (χ0n) is 14.9. The number of ether oxygens (including phenoxy) is 4. The van der Waals surface area contributed by atoms with Crippen LogP contribution in [0.4, 0.5) is 0 Å². The highest BCUT2D eigenvalue weighted by atomic mass is 16.5. The third kappa shape index (κ3) is 19.0. The summed E-state index contributed by atoms with van der Waals surface area (Å²) in [6.45, 7) is 6.29. The van der Waals surface area contributed by atoms with Gasteiger partial charge in [0.15, 0.2) is 5.78 Å². The summed E-state index contributed by atoms with van der Waals surface area (Å²) >= 11 is 0. The van der Waals surface area contributed by atoms with Gasteiger partial charge in [-0.15, -0.1) is 0 Å². The lowest BCUT2D eigenvalue weighted by molar-refractivity contribution is -0.129. The van der Waals surface area contributed by atoms with Crippen molar-refractivity contribution in [3.8, 4) is 0 Å². The van der Waals surface area contributed by atoms with Crippen LogP contribution in [-0.2, 0) is 28.5 Å². The molecule has 0 saturated carbocycles. The monoisotopic (exact) mass is 348 g/mol. The summed E-state index contributed by atoms with van der Waals surface area (Å²) in [5, 5.41) is 5.75. The summed E-state index contributed by atoms with van der Waals surface area (Å²) in [5.41, 5.74) is 0. The van der Waals surface area contributed by atoms with E-state index in [1.54, 1.807) is 0 Å². The van der Waals surface area contributed by atoms with Gasteiger partial charge < -0.3 is 29.6 Å². The number of hydrogen-bond donors (Lipinski definition) is 2. The van der Waals surface area contributed by atoms with Crippen LogP contribution in [0.1, 0.15) is 19.8 Å². The number of carbonyl (C=O) groups is 2. The minimum absolute atomic E-state index is 0.0302. The molecule has 0 aliphatic rings. The van der Waals surface area contributed by atoms with Crippen molar-refractivity contribution in [3.63, 3.8) is 0 Å². The zero-order chi connectivity index (χ0) is 17.9. The highest BCUT2D eigenvalue weighted by molar-refractivity contribution is 5.79. The molecule has 0 rings (SSSR count). The van der Waals surface area contributed by atoms with Gasteiger partial charge in [0.2, 0.25) is 5.91 Å². The van der Waals surface area contributed by atoms with Crippen LogP contribution in [0.5, 0.6) is 0 Å². The lowest BCUT2D eigenvalue weighted by Gasteiger charge is -2.08. The first kappa shape index (κ1) is 22.9. The molecule has 0 aromatic carbocycles. The largest absolute Gasteiger partial charge is 0.379 e. The second-order valence-electron chi connectivity index (χ2n) is 5.19. The van der Waals surface area contributed by atoms with E-state index in [1.807, 2.05) is 7.05 Å². The van der Waals surface area contributed by atoms with E-state index in [-0.39, 0.29) is 24.9 Å². The van der Waals surface area contributed by atoms with Gasteiger partial charge in [-0.1, -0.05) is 0 Å². The van der Waals surface area contributed by atoms with Crippen molar-refractivity contribution < 1.29 is 28.5 Å². The van der Waals surface area contributed by atoms with Crippen molar-refractivity contribution >= 4 is 11.7 Å². The lowest BCUT2D eigenvalue weighted by Crippen LogP contribution is -2.29. The fraction of sp³-hybridized carbons (Fsp3) is 0.875. The van der Waals surface area contributed by atoms with Crippen LogP contribution in [0.3, 0.4) is 0 Å².